The Morgan fingerprint density at radius 2 is 1.79 bits per heavy atom. The van der Waals surface area contributed by atoms with Gasteiger partial charge >= 0.3 is 0 Å². The monoisotopic (exact) mass is 462 g/mol. The van der Waals surface area contributed by atoms with Gasteiger partial charge in [-0.3, -0.25) is 4.79 Å². The van der Waals surface area contributed by atoms with Gasteiger partial charge in [-0.15, -0.1) is 4.72 Å². The van der Waals surface area contributed by atoms with E-state index in [1.54, 1.807) is 0 Å². The van der Waals surface area contributed by atoms with Crippen LogP contribution in [0.3, 0.4) is 0 Å². The van der Waals surface area contributed by atoms with Gasteiger partial charge < -0.3 is 19.3 Å². The average molecular weight is 463 g/mol. The van der Waals surface area contributed by atoms with Gasteiger partial charge in [0.15, 0.2) is 16.4 Å². The quantitative estimate of drug-likeness (QED) is 0.471. The Bertz CT molecular complexity index is 1160. The van der Waals surface area contributed by atoms with Crippen LogP contribution in [0.4, 0.5) is 5.69 Å². The van der Waals surface area contributed by atoms with E-state index in [2.05, 4.69) is 10.0 Å². The fraction of sp³-hybridized carbons (Fsp3) is 0.269. The van der Waals surface area contributed by atoms with Gasteiger partial charge in [0.25, 0.3) is 0 Å². The molecule has 0 bridgehead atoms. The molecule has 0 aromatic heterocycles. The molecule has 0 saturated heterocycles. The Morgan fingerprint density at radius 3 is 2.55 bits per heavy atom. The molecule has 1 atom stereocenters. The average Bonchev–Trinajstić information content (AvgIpc) is 3.53. The molecule has 1 aliphatic carbocycles. The fourth-order valence-electron chi connectivity index (χ4n) is 4.04. The lowest BCUT2D eigenvalue weighted by Crippen LogP contribution is -2.27. The normalized spacial score (nSPS) is 16.3. The van der Waals surface area contributed by atoms with Gasteiger partial charge in [-0.05, 0) is 84.5 Å². The van der Waals surface area contributed by atoms with Crippen LogP contribution in [0.5, 0.6) is 11.5 Å². The van der Waals surface area contributed by atoms with E-state index in [-0.39, 0.29) is 12.7 Å². The summed E-state index contributed by atoms with van der Waals surface area (Å²) in [6.45, 7) is 2.97. The summed E-state index contributed by atoms with van der Waals surface area (Å²) < 4.78 is 26.1. The van der Waals surface area contributed by atoms with Crippen molar-refractivity contribution < 1.29 is 18.8 Å². The van der Waals surface area contributed by atoms with Crippen molar-refractivity contribution >= 4 is 23.0 Å². The maximum Gasteiger partial charge on any atom is 0.235 e. The van der Waals surface area contributed by atoms with E-state index in [4.69, 9.17) is 9.47 Å². The van der Waals surface area contributed by atoms with Gasteiger partial charge in [-0.2, -0.15) is 0 Å². The number of carbonyl (C=O) groups excluding carboxylic acids is 1. The SMILES string of the molecule is CCCN[S+]([O-])c1ccc(-c2cccc(NC(=O)C3(c4ccc5c(c4)OCO5)CC3)c2)cc1. The molecule has 7 heteroatoms. The smallest absolute Gasteiger partial charge is 0.235 e. The van der Waals surface area contributed by atoms with Crippen molar-refractivity contribution in [2.75, 3.05) is 18.7 Å². The first-order valence-electron chi connectivity index (χ1n) is 11.2. The lowest BCUT2D eigenvalue weighted by atomic mass is 9.94. The van der Waals surface area contributed by atoms with E-state index in [1.807, 2.05) is 73.7 Å². The van der Waals surface area contributed by atoms with Crippen molar-refractivity contribution in [2.45, 2.75) is 36.5 Å². The zero-order valence-electron chi connectivity index (χ0n) is 18.4. The van der Waals surface area contributed by atoms with Crippen molar-refractivity contribution in [1.82, 2.24) is 4.72 Å². The number of ether oxygens (including phenoxy) is 2. The van der Waals surface area contributed by atoms with Crippen LogP contribution in [0, 0.1) is 0 Å². The highest BCUT2D eigenvalue weighted by molar-refractivity contribution is 7.89. The second-order valence-corrected chi connectivity index (χ2v) is 9.67. The predicted octanol–water partition coefficient (Wildman–Crippen LogP) is 4.77. The molecule has 1 fully saturated rings. The highest BCUT2D eigenvalue weighted by Gasteiger charge is 2.51. The first-order chi connectivity index (χ1) is 16.1. The Kier molecular flexibility index (Phi) is 6.01. The molecule has 170 valence electrons. The first-order valence-corrected chi connectivity index (χ1v) is 12.3. The third-order valence-electron chi connectivity index (χ3n) is 6.12. The molecular weight excluding hydrogens is 436 g/mol. The first kappa shape index (κ1) is 21.8. The van der Waals surface area contributed by atoms with E-state index < -0.39 is 16.8 Å². The van der Waals surface area contributed by atoms with E-state index in [0.29, 0.717) is 12.3 Å². The Hall–Kier alpha value is -3.00. The largest absolute Gasteiger partial charge is 0.593 e. The van der Waals surface area contributed by atoms with Crippen LogP contribution < -0.4 is 19.5 Å². The standard InChI is InChI=1S/C26H26N2O4S/c1-2-14-27-33(30)22-9-6-18(7-10-22)19-4-3-5-21(15-19)28-25(29)26(12-13-26)20-8-11-23-24(16-20)32-17-31-23/h3-11,15-16,27H,2,12-14,17H2,1H3,(H,28,29). The lowest BCUT2D eigenvalue weighted by molar-refractivity contribution is -0.118. The maximum absolute atomic E-state index is 13.2. The summed E-state index contributed by atoms with van der Waals surface area (Å²) in [4.78, 5) is 14.0. The van der Waals surface area contributed by atoms with Gasteiger partial charge in [-0.1, -0.05) is 25.1 Å². The van der Waals surface area contributed by atoms with Gasteiger partial charge in [0.2, 0.25) is 12.7 Å². The Labute approximate surface area is 196 Å². The molecule has 0 radical (unpaired) electrons. The number of hydrogen-bond donors (Lipinski definition) is 2. The van der Waals surface area contributed by atoms with Crippen LogP contribution in [0.15, 0.2) is 71.6 Å². The molecule has 3 aromatic rings. The summed E-state index contributed by atoms with van der Waals surface area (Å²) in [6, 6.07) is 21.2. The van der Waals surface area contributed by atoms with Crippen molar-refractivity contribution in [2.24, 2.45) is 0 Å². The maximum atomic E-state index is 13.2. The number of amides is 1. The van der Waals surface area contributed by atoms with Crippen molar-refractivity contribution in [3.8, 4) is 22.6 Å². The molecule has 5 rings (SSSR count). The molecule has 1 saturated carbocycles. The summed E-state index contributed by atoms with van der Waals surface area (Å²) in [7, 11) is 0. The minimum atomic E-state index is -1.21. The van der Waals surface area contributed by atoms with Gasteiger partial charge in [0.05, 0.1) is 16.8 Å². The topological polar surface area (TPSA) is 82.7 Å². The van der Waals surface area contributed by atoms with Crippen molar-refractivity contribution in [1.29, 1.82) is 0 Å². The molecule has 33 heavy (non-hydrogen) atoms. The van der Waals surface area contributed by atoms with Crippen LogP contribution in [0.1, 0.15) is 31.7 Å². The number of carbonyl (C=O) groups is 1. The van der Waals surface area contributed by atoms with Crippen LogP contribution >= 0.6 is 0 Å². The van der Waals surface area contributed by atoms with Crippen LogP contribution in [0.2, 0.25) is 0 Å². The number of rotatable bonds is 8. The zero-order chi connectivity index (χ0) is 22.8. The molecule has 1 heterocycles. The van der Waals surface area contributed by atoms with E-state index >= 15 is 0 Å². The molecule has 6 nitrogen and oxygen atoms in total. The molecular formula is C26H26N2O4S. The van der Waals surface area contributed by atoms with E-state index in [9.17, 15) is 9.35 Å². The molecule has 2 aliphatic rings. The fourth-order valence-corrected chi connectivity index (χ4v) is 4.98. The third-order valence-corrected chi connectivity index (χ3v) is 7.28. The molecule has 0 spiro atoms. The number of fused-ring (bicyclic) bond motifs is 1. The number of benzene rings is 3. The van der Waals surface area contributed by atoms with Gasteiger partial charge in [-0.25, -0.2) is 0 Å². The predicted molar refractivity (Wildman–Crippen MR) is 129 cm³/mol. The number of anilines is 1. The van der Waals surface area contributed by atoms with Gasteiger partial charge in [0.1, 0.15) is 0 Å². The Balaban J connectivity index is 1.30. The summed E-state index contributed by atoms with van der Waals surface area (Å²) in [5.41, 5.74) is 3.18. The van der Waals surface area contributed by atoms with Crippen LogP contribution in [0.25, 0.3) is 11.1 Å². The third kappa shape index (κ3) is 4.44. The minimum Gasteiger partial charge on any atom is -0.593 e. The highest BCUT2D eigenvalue weighted by Crippen LogP contribution is 2.51. The van der Waals surface area contributed by atoms with Crippen molar-refractivity contribution in [3.05, 3.63) is 72.3 Å². The van der Waals surface area contributed by atoms with Gasteiger partial charge in [0, 0.05) is 12.2 Å². The minimum absolute atomic E-state index is 0.00809. The lowest BCUT2D eigenvalue weighted by Gasteiger charge is -2.17. The number of hydrogen-bond acceptors (Lipinski definition) is 5. The summed E-state index contributed by atoms with van der Waals surface area (Å²) in [5, 5.41) is 3.10. The Morgan fingerprint density at radius 1 is 1.00 bits per heavy atom. The summed E-state index contributed by atoms with van der Waals surface area (Å²) in [5.74, 6) is 1.41. The second kappa shape index (κ2) is 9.09. The van der Waals surface area contributed by atoms with E-state index in [0.717, 1.165) is 52.3 Å². The molecule has 3 aromatic carbocycles. The van der Waals surface area contributed by atoms with Crippen molar-refractivity contribution in [3.63, 3.8) is 0 Å². The zero-order valence-corrected chi connectivity index (χ0v) is 19.2. The molecule has 1 amide bonds. The highest BCUT2D eigenvalue weighted by atomic mass is 32.2. The van der Waals surface area contributed by atoms with E-state index in [1.165, 1.54) is 0 Å². The summed E-state index contributed by atoms with van der Waals surface area (Å²) >= 11 is -1.21. The molecule has 1 unspecified atom stereocenters. The second-order valence-electron chi connectivity index (χ2n) is 8.37. The summed E-state index contributed by atoms with van der Waals surface area (Å²) in [6.07, 6.45) is 2.55. The molecule has 1 aliphatic heterocycles. The number of nitrogens with one attached hydrogen (secondary N) is 2. The van der Waals surface area contributed by atoms with Crippen LogP contribution in [-0.4, -0.2) is 23.8 Å². The van der Waals surface area contributed by atoms with Crippen LogP contribution in [-0.2, 0) is 21.6 Å². The molecule has 2 N–H and O–H groups in total.